The molecule has 6 atom stereocenters. The van der Waals surface area contributed by atoms with Crippen LogP contribution in [-0.2, 0) is 4.79 Å². The standard InChI is InChI=1S/C23H36O/c1-15(2)17-7-9-21(4,13-17)14-18-12-20(24)22(5)10-8-19-16(3)6-11-23(18,19)22/h13,15-16,18-19H,6-12,14H2,1-5H3/t16-,18-,19+,21+,22+,23+/m1/s1. The molecule has 1 spiro atoms. The van der Waals surface area contributed by atoms with E-state index in [0.29, 0.717) is 28.4 Å². The maximum atomic E-state index is 13.1. The molecule has 0 radical (unpaired) electrons. The summed E-state index contributed by atoms with van der Waals surface area (Å²) >= 11 is 0. The second kappa shape index (κ2) is 5.21. The lowest BCUT2D eigenvalue weighted by Gasteiger charge is -2.44. The van der Waals surface area contributed by atoms with Crippen molar-refractivity contribution in [2.45, 2.75) is 86.0 Å². The van der Waals surface area contributed by atoms with Gasteiger partial charge in [-0.25, -0.2) is 0 Å². The molecule has 0 unspecified atom stereocenters. The molecule has 24 heavy (non-hydrogen) atoms. The third-order valence-corrected chi connectivity index (χ3v) is 9.09. The van der Waals surface area contributed by atoms with Crippen molar-refractivity contribution < 1.29 is 4.79 Å². The fraction of sp³-hybridized carbons (Fsp3) is 0.870. The molecule has 0 aromatic rings. The molecule has 0 saturated heterocycles. The van der Waals surface area contributed by atoms with E-state index in [1.165, 1.54) is 44.9 Å². The van der Waals surface area contributed by atoms with Gasteiger partial charge in [-0.2, -0.15) is 0 Å². The molecule has 3 saturated carbocycles. The number of carbonyl (C=O) groups excluding carboxylic acids is 1. The molecule has 0 amide bonds. The third kappa shape index (κ3) is 2.02. The highest BCUT2D eigenvalue weighted by Crippen LogP contribution is 2.74. The second-order valence-electron chi connectivity index (χ2n) is 10.6. The minimum atomic E-state index is 0.00660. The molecule has 3 fully saturated rings. The van der Waals surface area contributed by atoms with Gasteiger partial charge >= 0.3 is 0 Å². The minimum absolute atomic E-state index is 0.00660. The quantitative estimate of drug-likeness (QED) is 0.565. The number of Topliss-reactive ketones (excluding diaryl/α,β-unsaturated/α-hetero) is 1. The largest absolute Gasteiger partial charge is 0.299 e. The maximum absolute atomic E-state index is 13.1. The van der Waals surface area contributed by atoms with Crippen molar-refractivity contribution in [3.05, 3.63) is 11.6 Å². The summed E-state index contributed by atoms with van der Waals surface area (Å²) in [6, 6.07) is 0. The van der Waals surface area contributed by atoms with Crippen LogP contribution in [0.5, 0.6) is 0 Å². The van der Waals surface area contributed by atoms with Crippen molar-refractivity contribution in [1.29, 1.82) is 0 Å². The number of allylic oxidation sites excluding steroid dienone is 2. The van der Waals surface area contributed by atoms with E-state index in [9.17, 15) is 4.79 Å². The Balaban J connectivity index is 1.66. The van der Waals surface area contributed by atoms with Gasteiger partial charge in [0.25, 0.3) is 0 Å². The van der Waals surface area contributed by atoms with Crippen LogP contribution in [0.3, 0.4) is 0 Å². The highest BCUT2D eigenvalue weighted by Gasteiger charge is 2.70. The zero-order valence-electron chi connectivity index (χ0n) is 16.5. The van der Waals surface area contributed by atoms with Crippen LogP contribution in [0.1, 0.15) is 86.0 Å². The molecule has 0 N–H and O–H groups in total. The molecular weight excluding hydrogens is 292 g/mol. The van der Waals surface area contributed by atoms with Crippen molar-refractivity contribution in [2.24, 2.45) is 39.9 Å². The second-order valence-corrected chi connectivity index (χ2v) is 10.6. The van der Waals surface area contributed by atoms with E-state index in [4.69, 9.17) is 0 Å². The van der Waals surface area contributed by atoms with Crippen molar-refractivity contribution in [2.75, 3.05) is 0 Å². The Morgan fingerprint density at radius 2 is 1.92 bits per heavy atom. The fourth-order valence-corrected chi connectivity index (χ4v) is 7.71. The summed E-state index contributed by atoms with van der Waals surface area (Å²) in [5.74, 6) is 3.58. The first kappa shape index (κ1) is 16.9. The number of hydrogen-bond acceptors (Lipinski definition) is 1. The van der Waals surface area contributed by atoms with Crippen LogP contribution in [0.4, 0.5) is 0 Å². The molecule has 134 valence electrons. The normalized spacial score (nSPS) is 50.5. The lowest BCUT2D eigenvalue weighted by molar-refractivity contribution is -0.128. The maximum Gasteiger partial charge on any atom is 0.139 e. The minimum Gasteiger partial charge on any atom is -0.299 e. The van der Waals surface area contributed by atoms with Gasteiger partial charge < -0.3 is 0 Å². The van der Waals surface area contributed by atoms with Gasteiger partial charge in [0.1, 0.15) is 5.78 Å². The average Bonchev–Trinajstić information content (AvgIpc) is 3.18. The first-order chi connectivity index (χ1) is 11.2. The Kier molecular flexibility index (Phi) is 3.66. The van der Waals surface area contributed by atoms with E-state index in [2.05, 4.69) is 40.7 Å². The molecule has 1 heteroatoms. The van der Waals surface area contributed by atoms with Crippen LogP contribution in [0.2, 0.25) is 0 Å². The van der Waals surface area contributed by atoms with Gasteiger partial charge in [-0.3, -0.25) is 4.79 Å². The molecule has 0 aliphatic heterocycles. The van der Waals surface area contributed by atoms with Crippen LogP contribution >= 0.6 is 0 Å². The van der Waals surface area contributed by atoms with Crippen LogP contribution < -0.4 is 0 Å². The summed E-state index contributed by atoms with van der Waals surface area (Å²) in [5, 5.41) is 0. The van der Waals surface area contributed by atoms with Crippen LogP contribution in [0.15, 0.2) is 11.6 Å². The van der Waals surface area contributed by atoms with Gasteiger partial charge in [-0.1, -0.05) is 46.3 Å². The zero-order valence-corrected chi connectivity index (χ0v) is 16.5. The third-order valence-electron chi connectivity index (χ3n) is 9.09. The van der Waals surface area contributed by atoms with Crippen LogP contribution in [-0.4, -0.2) is 5.78 Å². The molecule has 4 aliphatic rings. The van der Waals surface area contributed by atoms with Gasteiger partial charge in [-0.05, 0) is 79.4 Å². The first-order valence-electron chi connectivity index (χ1n) is 10.5. The number of ketones is 1. The predicted molar refractivity (Wildman–Crippen MR) is 99.7 cm³/mol. The van der Waals surface area contributed by atoms with Gasteiger partial charge in [0.2, 0.25) is 0 Å². The monoisotopic (exact) mass is 328 g/mol. The Morgan fingerprint density at radius 1 is 1.17 bits per heavy atom. The molecule has 4 aliphatic carbocycles. The summed E-state index contributed by atoms with van der Waals surface area (Å²) < 4.78 is 0. The van der Waals surface area contributed by atoms with Crippen molar-refractivity contribution in [3.8, 4) is 0 Å². The van der Waals surface area contributed by atoms with Gasteiger partial charge in [-0.15, -0.1) is 0 Å². The van der Waals surface area contributed by atoms with E-state index in [1.807, 2.05) is 0 Å². The summed E-state index contributed by atoms with van der Waals surface area (Å²) in [6.07, 6.45) is 12.5. The smallest absolute Gasteiger partial charge is 0.139 e. The van der Waals surface area contributed by atoms with E-state index < -0.39 is 0 Å². The Bertz CT molecular complexity index is 587. The predicted octanol–water partition coefficient (Wildman–Crippen LogP) is 6.18. The van der Waals surface area contributed by atoms with Gasteiger partial charge in [0.05, 0.1) is 0 Å². The molecule has 0 aromatic carbocycles. The number of rotatable bonds is 3. The van der Waals surface area contributed by atoms with Crippen LogP contribution in [0, 0.1) is 39.9 Å². The SMILES string of the molecule is CC(C)C1=C[C@@](C)(C[C@H]2CC(=O)[C@]3(C)CC[C@H]4[C@H](C)CC[C@]243)CC1. The molecular formula is C23H36O. The molecule has 4 rings (SSSR count). The van der Waals surface area contributed by atoms with Crippen molar-refractivity contribution >= 4 is 5.78 Å². The Hall–Kier alpha value is -0.590. The van der Waals surface area contributed by atoms with Gasteiger partial charge in [0.15, 0.2) is 0 Å². The molecule has 0 bridgehead atoms. The van der Waals surface area contributed by atoms with Crippen LogP contribution in [0.25, 0.3) is 0 Å². The Morgan fingerprint density at radius 3 is 2.58 bits per heavy atom. The topological polar surface area (TPSA) is 17.1 Å². The molecule has 0 heterocycles. The number of carbonyl (C=O) groups is 1. The van der Waals surface area contributed by atoms with E-state index in [1.54, 1.807) is 5.57 Å². The summed E-state index contributed by atoms with van der Waals surface area (Å²) in [5.41, 5.74) is 2.35. The molecule has 0 aromatic heterocycles. The fourth-order valence-electron chi connectivity index (χ4n) is 7.71. The lowest BCUT2D eigenvalue weighted by Crippen LogP contribution is -2.41. The van der Waals surface area contributed by atoms with Gasteiger partial charge in [0, 0.05) is 11.8 Å². The highest BCUT2D eigenvalue weighted by molar-refractivity contribution is 5.89. The highest BCUT2D eigenvalue weighted by atomic mass is 16.1. The van der Waals surface area contributed by atoms with Crippen molar-refractivity contribution in [1.82, 2.24) is 0 Å². The number of hydrogen-bond donors (Lipinski definition) is 0. The Labute approximate surface area is 148 Å². The summed E-state index contributed by atoms with van der Waals surface area (Å²) in [4.78, 5) is 13.1. The summed E-state index contributed by atoms with van der Waals surface area (Å²) in [7, 11) is 0. The zero-order chi connectivity index (χ0) is 17.3. The molecule has 1 nitrogen and oxygen atoms in total. The van der Waals surface area contributed by atoms with E-state index >= 15 is 0 Å². The average molecular weight is 329 g/mol. The summed E-state index contributed by atoms with van der Waals surface area (Å²) in [6.45, 7) is 11.9. The van der Waals surface area contributed by atoms with E-state index in [-0.39, 0.29) is 5.41 Å². The van der Waals surface area contributed by atoms with Crippen molar-refractivity contribution in [3.63, 3.8) is 0 Å². The van der Waals surface area contributed by atoms with E-state index in [0.717, 1.165) is 18.3 Å². The first-order valence-corrected chi connectivity index (χ1v) is 10.5. The lowest BCUT2D eigenvalue weighted by atomic mass is 9.59.